The van der Waals surface area contributed by atoms with Gasteiger partial charge in [-0.15, -0.1) is 0 Å². The summed E-state index contributed by atoms with van der Waals surface area (Å²) in [4.78, 5) is 5.43. The maximum absolute atomic E-state index is 10.2. The molecule has 1 heterocycles. The lowest BCUT2D eigenvalue weighted by Gasteiger charge is -2.32. The van der Waals surface area contributed by atoms with Crippen LogP contribution in [0.5, 0.6) is 5.75 Å². The molecule has 21 heavy (non-hydrogen) atoms. The molecular weight excluding hydrogens is 264 g/mol. The molecule has 1 unspecified atom stereocenters. The van der Waals surface area contributed by atoms with Gasteiger partial charge in [-0.2, -0.15) is 0 Å². The number of H-pyrrole nitrogens is 1. The number of aromatic amines is 1. The van der Waals surface area contributed by atoms with Crippen LogP contribution in [-0.4, -0.2) is 46.3 Å². The Morgan fingerprint density at radius 2 is 1.86 bits per heavy atom. The summed E-state index contributed by atoms with van der Waals surface area (Å²) in [6.45, 7) is 9.52. The molecule has 1 aromatic heterocycles. The highest BCUT2D eigenvalue weighted by Gasteiger charge is 2.18. The van der Waals surface area contributed by atoms with Gasteiger partial charge in [-0.25, -0.2) is 0 Å². The number of ether oxygens (including phenoxy) is 1. The molecule has 1 aromatic carbocycles. The molecule has 0 bridgehead atoms. The lowest BCUT2D eigenvalue weighted by atomic mass is 10.2. The molecule has 0 aliphatic rings. The Morgan fingerprint density at radius 1 is 1.14 bits per heavy atom. The molecule has 0 fully saturated rings. The topological polar surface area (TPSA) is 48.5 Å². The average Bonchev–Trinajstić information content (AvgIpc) is 2.90. The molecule has 2 N–H and O–H groups in total. The van der Waals surface area contributed by atoms with Gasteiger partial charge < -0.3 is 14.8 Å². The summed E-state index contributed by atoms with van der Waals surface area (Å²) >= 11 is 0. The standard InChI is InChI=1S/C17H26N2O2/c1-12(2)19(13(3)4)10-14(20)11-21-17-7-5-6-16-15(17)8-9-18-16/h5-9,12-14,18,20H,10-11H2,1-4H3. The Kier molecular flexibility index (Phi) is 5.26. The van der Waals surface area contributed by atoms with Crippen molar-refractivity contribution in [3.63, 3.8) is 0 Å². The van der Waals surface area contributed by atoms with Crippen molar-refractivity contribution >= 4 is 10.9 Å². The predicted molar refractivity (Wildman–Crippen MR) is 86.8 cm³/mol. The number of nitrogens with zero attached hydrogens (tertiary/aromatic N) is 1. The molecule has 0 aliphatic carbocycles. The molecule has 4 heteroatoms. The van der Waals surface area contributed by atoms with Crippen molar-refractivity contribution in [1.82, 2.24) is 9.88 Å². The first kappa shape index (κ1) is 15.9. The van der Waals surface area contributed by atoms with Gasteiger partial charge in [0.15, 0.2) is 0 Å². The number of benzene rings is 1. The van der Waals surface area contributed by atoms with Gasteiger partial charge in [-0.1, -0.05) is 6.07 Å². The van der Waals surface area contributed by atoms with Gasteiger partial charge in [0.2, 0.25) is 0 Å². The molecule has 1 atom stereocenters. The molecular formula is C17H26N2O2. The second-order valence-electron chi connectivity index (χ2n) is 6.04. The summed E-state index contributed by atoms with van der Waals surface area (Å²) in [5, 5.41) is 11.3. The van der Waals surface area contributed by atoms with Gasteiger partial charge in [-0.3, -0.25) is 4.90 Å². The highest BCUT2D eigenvalue weighted by Crippen LogP contribution is 2.24. The van der Waals surface area contributed by atoms with Crippen molar-refractivity contribution in [2.24, 2.45) is 0 Å². The van der Waals surface area contributed by atoms with Crippen LogP contribution in [0.1, 0.15) is 27.7 Å². The van der Waals surface area contributed by atoms with E-state index in [-0.39, 0.29) is 0 Å². The Bertz CT molecular complexity index is 555. The maximum atomic E-state index is 10.2. The number of hydrogen-bond donors (Lipinski definition) is 2. The summed E-state index contributed by atoms with van der Waals surface area (Å²) in [5.74, 6) is 0.813. The molecule has 0 amide bonds. The zero-order valence-corrected chi connectivity index (χ0v) is 13.3. The van der Waals surface area contributed by atoms with E-state index in [1.807, 2.05) is 30.5 Å². The highest BCUT2D eigenvalue weighted by atomic mass is 16.5. The fraction of sp³-hybridized carbons (Fsp3) is 0.529. The van der Waals surface area contributed by atoms with Gasteiger partial charge in [0.25, 0.3) is 0 Å². The number of rotatable bonds is 7. The number of nitrogens with one attached hydrogen (secondary N) is 1. The highest BCUT2D eigenvalue weighted by molar-refractivity contribution is 5.85. The van der Waals surface area contributed by atoms with Crippen molar-refractivity contribution in [3.8, 4) is 5.75 Å². The molecule has 0 saturated carbocycles. The molecule has 116 valence electrons. The van der Waals surface area contributed by atoms with Gasteiger partial charge in [0.05, 0.1) is 0 Å². The fourth-order valence-electron chi connectivity index (χ4n) is 2.68. The Labute approximate surface area is 126 Å². The van der Waals surface area contributed by atoms with Crippen molar-refractivity contribution in [2.75, 3.05) is 13.2 Å². The molecule has 0 saturated heterocycles. The van der Waals surface area contributed by atoms with Crippen molar-refractivity contribution in [3.05, 3.63) is 30.5 Å². The summed E-state index contributed by atoms with van der Waals surface area (Å²) < 4.78 is 5.80. The van der Waals surface area contributed by atoms with Crippen LogP contribution in [0.4, 0.5) is 0 Å². The second kappa shape index (κ2) is 6.96. The smallest absolute Gasteiger partial charge is 0.128 e. The van der Waals surface area contributed by atoms with E-state index in [2.05, 4.69) is 37.6 Å². The van der Waals surface area contributed by atoms with Gasteiger partial charge >= 0.3 is 0 Å². The third kappa shape index (κ3) is 3.99. The van der Waals surface area contributed by atoms with Crippen LogP contribution in [0.15, 0.2) is 30.5 Å². The summed E-state index contributed by atoms with van der Waals surface area (Å²) in [7, 11) is 0. The van der Waals surface area contributed by atoms with Crippen LogP contribution in [0.25, 0.3) is 10.9 Å². The van der Waals surface area contributed by atoms with E-state index < -0.39 is 6.10 Å². The van der Waals surface area contributed by atoms with Crippen LogP contribution in [0.3, 0.4) is 0 Å². The van der Waals surface area contributed by atoms with E-state index in [1.165, 1.54) is 0 Å². The van der Waals surface area contributed by atoms with E-state index in [1.54, 1.807) is 0 Å². The number of aromatic nitrogens is 1. The number of fused-ring (bicyclic) bond motifs is 1. The second-order valence-corrected chi connectivity index (χ2v) is 6.04. The average molecular weight is 290 g/mol. The molecule has 4 nitrogen and oxygen atoms in total. The maximum Gasteiger partial charge on any atom is 0.128 e. The third-order valence-corrected chi connectivity index (χ3v) is 3.73. The van der Waals surface area contributed by atoms with Crippen LogP contribution < -0.4 is 4.74 Å². The van der Waals surface area contributed by atoms with Gasteiger partial charge in [0, 0.05) is 35.7 Å². The summed E-state index contributed by atoms with van der Waals surface area (Å²) in [5.41, 5.74) is 1.05. The monoisotopic (exact) mass is 290 g/mol. The van der Waals surface area contributed by atoms with Crippen LogP contribution in [-0.2, 0) is 0 Å². The fourth-order valence-corrected chi connectivity index (χ4v) is 2.68. The Morgan fingerprint density at radius 3 is 2.52 bits per heavy atom. The summed E-state index contributed by atoms with van der Waals surface area (Å²) in [6.07, 6.45) is 1.40. The van der Waals surface area contributed by atoms with E-state index >= 15 is 0 Å². The quantitative estimate of drug-likeness (QED) is 0.824. The minimum absolute atomic E-state index is 0.306. The van der Waals surface area contributed by atoms with Crippen LogP contribution in [0, 0.1) is 0 Å². The SMILES string of the molecule is CC(C)N(CC(O)COc1cccc2[nH]ccc12)C(C)C. The van der Waals surface area contributed by atoms with Gasteiger partial charge in [0.1, 0.15) is 18.5 Å². The first-order valence-corrected chi connectivity index (χ1v) is 7.61. The number of aliphatic hydroxyl groups is 1. The molecule has 2 aromatic rings. The van der Waals surface area contributed by atoms with Crippen molar-refractivity contribution < 1.29 is 9.84 Å². The van der Waals surface area contributed by atoms with Gasteiger partial charge in [-0.05, 0) is 45.9 Å². The van der Waals surface area contributed by atoms with Crippen molar-refractivity contribution in [2.45, 2.75) is 45.9 Å². The zero-order chi connectivity index (χ0) is 15.4. The minimum atomic E-state index is -0.496. The van der Waals surface area contributed by atoms with E-state index in [0.717, 1.165) is 16.7 Å². The molecule has 0 aliphatic heterocycles. The minimum Gasteiger partial charge on any atom is -0.490 e. The normalized spacial score (nSPS) is 13.5. The zero-order valence-electron chi connectivity index (χ0n) is 13.3. The first-order valence-electron chi connectivity index (χ1n) is 7.61. The molecule has 2 rings (SSSR count). The van der Waals surface area contributed by atoms with E-state index in [0.29, 0.717) is 25.2 Å². The van der Waals surface area contributed by atoms with E-state index in [9.17, 15) is 5.11 Å². The predicted octanol–water partition coefficient (Wildman–Crippen LogP) is 3.03. The Hall–Kier alpha value is -1.52. The largest absolute Gasteiger partial charge is 0.490 e. The summed E-state index contributed by atoms with van der Waals surface area (Å²) in [6, 6.07) is 8.71. The van der Waals surface area contributed by atoms with E-state index in [4.69, 9.17) is 4.74 Å². The third-order valence-electron chi connectivity index (χ3n) is 3.73. The number of aliphatic hydroxyl groups excluding tert-OH is 1. The molecule has 0 radical (unpaired) electrons. The van der Waals surface area contributed by atoms with Crippen molar-refractivity contribution in [1.29, 1.82) is 0 Å². The lowest BCUT2D eigenvalue weighted by molar-refractivity contribution is 0.0449. The Balaban J connectivity index is 1.94. The molecule has 0 spiro atoms. The first-order chi connectivity index (χ1) is 9.99. The lowest BCUT2D eigenvalue weighted by Crippen LogP contribution is -2.43. The van der Waals surface area contributed by atoms with Crippen LogP contribution >= 0.6 is 0 Å². The number of hydrogen-bond acceptors (Lipinski definition) is 3. The van der Waals surface area contributed by atoms with Crippen LogP contribution in [0.2, 0.25) is 0 Å².